The molecule has 0 spiro atoms. The van der Waals surface area contributed by atoms with E-state index in [4.69, 9.17) is 9.15 Å². The van der Waals surface area contributed by atoms with Crippen molar-refractivity contribution in [3.8, 4) is 5.75 Å². The van der Waals surface area contributed by atoms with Crippen molar-refractivity contribution in [3.05, 3.63) is 54.2 Å². The van der Waals surface area contributed by atoms with Gasteiger partial charge in [-0.05, 0) is 49.2 Å². The first kappa shape index (κ1) is 20.3. The summed E-state index contributed by atoms with van der Waals surface area (Å²) in [6.07, 6.45) is 3.50. The lowest BCUT2D eigenvalue weighted by Crippen LogP contribution is -2.37. The molecule has 0 aliphatic carbocycles. The third kappa shape index (κ3) is 7.67. The van der Waals surface area contributed by atoms with Crippen LogP contribution in [0.5, 0.6) is 5.75 Å². The summed E-state index contributed by atoms with van der Waals surface area (Å²) < 4.78 is 23.5. The number of hydrogen-bond donors (Lipinski definition) is 2. The summed E-state index contributed by atoms with van der Waals surface area (Å²) in [5.41, 5.74) is 0. The molecule has 0 aliphatic heterocycles. The lowest BCUT2D eigenvalue weighted by Gasteiger charge is -2.11. The Bertz CT molecular complexity index is 588. The van der Waals surface area contributed by atoms with Crippen molar-refractivity contribution in [1.29, 1.82) is 0 Å². The normalized spacial score (nSPS) is 10.8. The van der Waals surface area contributed by atoms with Crippen LogP contribution >= 0.6 is 24.0 Å². The van der Waals surface area contributed by atoms with Crippen LogP contribution in [-0.2, 0) is 6.54 Å². The lowest BCUT2D eigenvalue weighted by molar-refractivity contribution is 0.306. The van der Waals surface area contributed by atoms with E-state index in [1.807, 2.05) is 12.1 Å². The van der Waals surface area contributed by atoms with E-state index in [0.717, 1.165) is 31.1 Å². The van der Waals surface area contributed by atoms with E-state index in [9.17, 15) is 4.39 Å². The summed E-state index contributed by atoms with van der Waals surface area (Å²) >= 11 is 0. The Labute approximate surface area is 158 Å². The smallest absolute Gasteiger partial charge is 0.191 e. The third-order valence-corrected chi connectivity index (χ3v) is 3.18. The first-order valence-electron chi connectivity index (χ1n) is 7.63. The van der Waals surface area contributed by atoms with Crippen molar-refractivity contribution in [2.75, 3.05) is 20.2 Å². The van der Waals surface area contributed by atoms with Gasteiger partial charge in [-0.2, -0.15) is 0 Å². The van der Waals surface area contributed by atoms with Crippen LogP contribution in [0.1, 0.15) is 18.6 Å². The highest BCUT2D eigenvalue weighted by Gasteiger charge is 2.00. The number of aliphatic imine (C=N–C) groups is 1. The van der Waals surface area contributed by atoms with Crippen molar-refractivity contribution in [3.63, 3.8) is 0 Å². The molecule has 0 saturated carbocycles. The summed E-state index contributed by atoms with van der Waals surface area (Å²) in [7, 11) is 1.73. The quantitative estimate of drug-likeness (QED) is 0.281. The topological polar surface area (TPSA) is 58.8 Å². The average Bonchev–Trinajstić information content (AvgIpc) is 3.08. The number of furan rings is 1. The molecule has 2 rings (SSSR count). The Balaban J connectivity index is 0.00000288. The van der Waals surface area contributed by atoms with Crippen molar-refractivity contribution >= 4 is 29.9 Å². The first-order chi connectivity index (χ1) is 11.3. The van der Waals surface area contributed by atoms with Gasteiger partial charge in [0.05, 0.1) is 19.4 Å². The first-order valence-corrected chi connectivity index (χ1v) is 7.63. The molecular weight excluding hydrogens is 424 g/mol. The van der Waals surface area contributed by atoms with E-state index in [-0.39, 0.29) is 29.8 Å². The summed E-state index contributed by atoms with van der Waals surface area (Å²) in [5, 5.41) is 6.40. The van der Waals surface area contributed by atoms with Gasteiger partial charge in [-0.15, -0.1) is 24.0 Å². The van der Waals surface area contributed by atoms with Gasteiger partial charge in [0.15, 0.2) is 5.96 Å². The molecule has 0 aliphatic rings. The molecule has 24 heavy (non-hydrogen) atoms. The van der Waals surface area contributed by atoms with Gasteiger partial charge in [0.25, 0.3) is 0 Å². The van der Waals surface area contributed by atoms with Crippen LogP contribution in [0.2, 0.25) is 0 Å². The zero-order chi connectivity index (χ0) is 16.3. The predicted octanol–water partition coefficient (Wildman–Crippen LogP) is 3.56. The molecule has 2 aromatic rings. The highest BCUT2D eigenvalue weighted by Crippen LogP contribution is 2.11. The van der Waals surface area contributed by atoms with Crippen LogP contribution in [-0.4, -0.2) is 26.2 Å². The molecule has 5 nitrogen and oxygen atoms in total. The maximum Gasteiger partial charge on any atom is 0.191 e. The van der Waals surface area contributed by atoms with E-state index in [0.29, 0.717) is 18.9 Å². The number of rotatable bonds is 8. The molecule has 1 aromatic heterocycles. The van der Waals surface area contributed by atoms with Gasteiger partial charge in [0, 0.05) is 13.6 Å². The Hall–Kier alpha value is -1.77. The van der Waals surface area contributed by atoms with Crippen LogP contribution in [0.15, 0.2) is 52.1 Å². The van der Waals surface area contributed by atoms with Crippen molar-refractivity contribution in [1.82, 2.24) is 10.6 Å². The monoisotopic (exact) mass is 447 g/mol. The van der Waals surface area contributed by atoms with Gasteiger partial charge in [-0.1, -0.05) is 0 Å². The van der Waals surface area contributed by atoms with E-state index < -0.39 is 0 Å². The van der Waals surface area contributed by atoms with Crippen molar-refractivity contribution < 1.29 is 13.5 Å². The second-order valence-electron chi connectivity index (χ2n) is 4.94. The minimum absolute atomic E-state index is 0. The second kappa shape index (κ2) is 11.7. The van der Waals surface area contributed by atoms with E-state index in [2.05, 4.69) is 15.6 Å². The van der Waals surface area contributed by atoms with Gasteiger partial charge in [0.1, 0.15) is 17.3 Å². The van der Waals surface area contributed by atoms with Crippen molar-refractivity contribution in [2.24, 2.45) is 4.99 Å². The number of halogens is 2. The predicted molar refractivity (Wildman–Crippen MR) is 103 cm³/mol. The molecule has 1 heterocycles. The molecule has 7 heteroatoms. The van der Waals surface area contributed by atoms with Gasteiger partial charge in [0.2, 0.25) is 0 Å². The number of ether oxygens (including phenoxy) is 1. The van der Waals surface area contributed by atoms with Crippen molar-refractivity contribution in [2.45, 2.75) is 19.4 Å². The Kier molecular flexibility index (Phi) is 9.90. The summed E-state index contributed by atoms with van der Waals surface area (Å²) in [4.78, 5) is 4.15. The minimum Gasteiger partial charge on any atom is -0.494 e. The van der Waals surface area contributed by atoms with Gasteiger partial charge < -0.3 is 19.8 Å². The maximum atomic E-state index is 12.8. The number of nitrogens with one attached hydrogen (secondary N) is 2. The number of nitrogens with zero attached hydrogens (tertiary/aromatic N) is 1. The fourth-order valence-corrected chi connectivity index (χ4v) is 1.96. The van der Waals surface area contributed by atoms with Crippen LogP contribution < -0.4 is 15.4 Å². The molecule has 0 fully saturated rings. The van der Waals surface area contributed by atoms with Crippen LogP contribution in [0.25, 0.3) is 0 Å². The molecular formula is C17H23FIN3O2. The van der Waals surface area contributed by atoms with Crippen LogP contribution in [0, 0.1) is 5.82 Å². The van der Waals surface area contributed by atoms with E-state index in [1.54, 1.807) is 25.4 Å². The molecule has 0 atom stereocenters. The number of benzene rings is 1. The number of hydrogen-bond acceptors (Lipinski definition) is 3. The molecule has 1 aromatic carbocycles. The molecule has 132 valence electrons. The summed E-state index contributed by atoms with van der Waals surface area (Å²) in [6, 6.07) is 9.82. The Morgan fingerprint density at radius 1 is 1.17 bits per heavy atom. The number of unbranched alkanes of at least 4 members (excludes halogenated alkanes) is 1. The molecule has 0 bridgehead atoms. The largest absolute Gasteiger partial charge is 0.494 e. The van der Waals surface area contributed by atoms with Gasteiger partial charge in [-0.3, -0.25) is 4.99 Å². The third-order valence-electron chi connectivity index (χ3n) is 3.18. The molecule has 2 N–H and O–H groups in total. The maximum absolute atomic E-state index is 12.8. The highest BCUT2D eigenvalue weighted by atomic mass is 127. The molecule has 0 radical (unpaired) electrons. The fourth-order valence-electron chi connectivity index (χ4n) is 1.96. The molecule has 0 unspecified atom stereocenters. The minimum atomic E-state index is -0.255. The fraction of sp³-hybridized carbons (Fsp3) is 0.353. The second-order valence-corrected chi connectivity index (χ2v) is 4.94. The summed E-state index contributed by atoms with van der Waals surface area (Å²) in [6.45, 7) is 2.00. The van der Waals surface area contributed by atoms with E-state index in [1.165, 1.54) is 12.1 Å². The molecule has 0 amide bonds. The summed E-state index contributed by atoms with van der Waals surface area (Å²) in [5.74, 6) is 2.03. The highest BCUT2D eigenvalue weighted by molar-refractivity contribution is 14.0. The van der Waals surface area contributed by atoms with E-state index >= 15 is 0 Å². The van der Waals surface area contributed by atoms with Crippen LogP contribution in [0.3, 0.4) is 0 Å². The zero-order valence-corrected chi connectivity index (χ0v) is 16.0. The average molecular weight is 447 g/mol. The van der Waals surface area contributed by atoms with Crippen LogP contribution in [0.4, 0.5) is 4.39 Å². The standard InChI is InChI=1S/C17H22FN3O2.HI/c1-19-17(21-13-16-5-4-12-23-16)20-10-2-3-11-22-15-8-6-14(18)7-9-15;/h4-9,12H,2-3,10-11,13H2,1H3,(H2,19,20,21);1H. The lowest BCUT2D eigenvalue weighted by atomic mass is 10.3. The zero-order valence-electron chi connectivity index (χ0n) is 13.6. The van der Waals surface area contributed by atoms with Gasteiger partial charge >= 0.3 is 0 Å². The molecule has 0 saturated heterocycles. The SMILES string of the molecule is CN=C(NCCCCOc1ccc(F)cc1)NCc1ccco1.I. The van der Waals surface area contributed by atoms with Gasteiger partial charge in [-0.25, -0.2) is 4.39 Å². The Morgan fingerprint density at radius 2 is 1.96 bits per heavy atom. The Morgan fingerprint density at radius 3 is 2.62 bits per heavy atom. The number of guanidine groups is 1.